The second kappa shape index (κ2) is 15.6. The largest absolute Gasteiger partial charge is 0.476 e. The van der Waals surface area contributed by atoms with Crippen LogP contribution in [0.4, 0.5) is 4.39 Å². The Kier molecular flexibility index (Phi) is 9.98. The molecule has 4 nitrogen and oxygen atoms in total. The molecule has 59 heavy (non-hydrogen) atoms. The fourth-order valence-corrected chi connectivity index (χ4v) is 8.24. The molecule has 6 heteroatoms. The smallest absolute Gasteiger partial charge is 0.124 e. The van der Waals surface area contributed by atoms with Gasteiger partial charge in [-0.1, -0.05) is 115 Å². The Morgan fingerprint density at radius 2 is 1.31 bits per heavy atom. The van der Waals surface area contributed by atoms with Crippen molar-refractivity contribution in [2.24, 2.45) is 7.05 Å². The second-order valence-corrected chi connectivity index (χ2v) is 14.8. The molecule has 0 atom stereocenters. The minimum absolute atomic E-state index is 0. The van der Waals surface area contributed by atoms with Crippen LogP contribution in [0.3, 0.4) is 0 Å². The van der Waals surface area contributed by atoms with Gasteiger partial charge in [-0.25, -0.2) is 0 Å². The zero-order valence-corrected chi connectivity index (χ0v) is 34.9. The van der Waals surface area contributed by atoms with Gasteiger partial charge >= 0.3 is 0 Å². The molecule has 0 aliphatic carbocycles. The van der Waals surface area contributed by atoms with E-state index in [0.29, 0.717) is 0 Å². The minimum Gasteiger partial charge on any atom is -0.476 e. The van der Waals surface area contributed by atoms with E-state index in [2.05, 4.69) is 133 Å². The quantitative estimate of drug-likeness (QED) is 0.130. The predicted molar refractivity (Wildman–Crippen MR) is 236 cm³/mol. The maximum absolute atomic E-state index is 13.2. The van der Waals surface area contributed by atoms with Crippen molar-refractivity contribution in [3.63, 3.8) is 0 Å². The number of nitrogens with zero attached hydrogens (tertiary/aromatic N) is 3. The normalized spacial score (nSPS) is 11.3. The first kappa shape index (κ1) is 37.8. The van der Waals surface area contributed by atoms with Gasteiger partial charge in [0, 0.05) is 39.2 Å². The maximum atomic E-state index is 13.2. The fraction of sp³-hybridized carbons (Fsp3) is 0.0566. The first-order valence-electron chi connectivity index (χ1n) is 19.3. The van der Waals surface area contributed by atoms with Crippen LogP contribution >= 0.6 is 0 Å². The van der Waals surface area contributed by atoms with Crippen molar-refractivity contribution < 1.29 is 28.9 Å². The molecule has 0 fully saturated rings. The first-order chi connectivity index (χ1) is 28.4. The summed E-state index contributed by atoms with van der Waals surface area (Å²) in [6, 6.07) is 59.3. The van der Waals surface area contributed by atoms with Gasteiger partial charge < -0.3 is 14.0 Å². The number of hydrogen-bond acceptors (Lipinski definition) is 3. The van der Waals surface area contributed by atoms with Crippen LogP contribution < -0.4 is 0 Å². The molecule has 3 heterocycles. The molecule has 3 aromatic heterocycles. The summed E-state index contributed by atoms with van der Waals surface area (Å²) < 4.78 is 21.6. The van der Waals surface area contributed by atoms with Crippen LogP contribution in [0.2, 0.25) is 0 Å². The molecule has 11 rings (SSSR count). The molecule has 11 aromatic rings. The summed E-state index contributed by atoms with van der Waals surface area (Å²) in [5.74, 6) is 0.595. The van der Waals surface area contributed by atoms with E-state index >= 15 is 0 Å². The topological polar surface area (TPSA) is 43.9 Å². The predicted octanol–water partition coefficient (Wildman–Crippen LogP) is 13.9. The van der Waals surface area contributed by atoms with E-state index in [1.54, 1.807) is 12.3 Å². The summed E-state index contributed by atoms with van der Waals surface area (Å²) in [5.41, 5.74) is 13.5. The van der Waals surface area contributed by atoms with Crippen LogP contribution in [-0.2, 0) is 27.2 Å². The average molecular weight is 942 g/mol. The number of furan rings is 1. The van der Waals surface area contributed by atoms with Crippen molar-refractivity contribution in [3.05, 3.63) is 193 Å². The SMILES string of the molecule is Cc1cc(-c2ccccc2)cc(C)c1-c1ccnc(-c2[c-]cc(F)cc2)c1.Cn1c(-c2[c-]cc3c(c2)oc2cc4c(ccc5ccccc54)cc23)nc2ccccc21.[Ir]. The van der Waals surface area contributed by atoms with Crippen molar-refractivity contribution in [2.45, 2.75) is 13.8 Å². The molecule has 0 aliphatic rings. The van der Waals surface area contributed by atoms with Crippen molar-refractivity contribution in [2.75, 3.05) is 0 Å². The number of halogens is 1. The van der Waals surface area contributed by atoms with Gasteiger partial charge in [-0.3, -0.25) is 9.37 Å². The van der Waals surface area contributed by atoms with Crippen LogP contribution in [0.15, 0.2) is 168 Å². The van der Waals surface area contributed by atoms with Gasteiger partial charge in [-0.2, -0.15) is 0 Å². The van der Waals surface area contributed by atoms with E-state index < -0.39 is 0 Å². The molecule has 0 amide bonds. The standard InChI is InChI=1S/C28H17N2O.C25H19FN.Ir/c1-30-25-9-5-4-8-24(25)29-28(30)19-12-13-21-23-14-18-11-10-17-6-2-3-7-20(17)22(18)16-27(23)31-26(21)15-19;1-17-14-22(19-6-4-3-5-7-19)15-18(2)25(17)21-12-13-27-24(16-21)20-8-10-23(26)11-9-20;/h2-11,13-16H,1H3;3-8,10-16H,1-2H3;/q2*-1;. The first-order valence-corrected chi connectivity index (χ1v) is 19.3. The fourth-order valence-electron chi connectivity index (χ4n) is 8.24. The third kappa shape index (κ3) is 7.01. The van der Waals surface area contributed by atoms with Gasteiger partial charge in [0.05, 0.1) is 22.4 Å². The number of benzene rings is 8. The van der Waals surface area contributed by atoms with Crippen LogP contribution in [0.5, 0.6) is 0 Å². The molecule has 0 N–H and O–H groups in total. The molecular weight excluding hydrogens is 906 g/mol. The number of fused-ring (bicyclic) bond motifs is 7. The molecule has 8 aromatic carbocycles. The van der Waals surface area contributed by atoms with Gasteiger partial charge in [0.25, 0.3) is 0 Å². The van der Waals surface area contributed by atoms with Gasteiger partial charge in [0.2, 0.25) is 0 Å². The Morgan fingerprint density at radius 3 is 2.10 bits per heavy atom. The maximum Gasteiger partial charge on any atom is 0.124 e. The number of aromatic nitrogens is 3. The van der Waals surface area contributed by atoms with Crippen molar-refractivity contribution in [1.29, 1.82) is 0 Å². The molecule has 0 saturated heterocycles. The van der Waals surface area contributed by atoms with Crippen LogP contribution in [0.1, 0.15) is 11.1 Å². The minimum atomic E-state index is -0.293. The third-order valence-corrected chi connectivity index (χ3v) is 11.0. The van der Waals surface area contributed by atoms with Gasteiger partial charge in [-0.05, 0) is 104 Å². The summed E-state index contributed by atoms with van der Waals surface area (Å²) in [6.45, 7) is 4.28. The summed E-state index contributed by atoms with van der Waals surface area (Å²) in [5, 5.41) is 7.10. The number of rotatable bonds is 4. The molecule has 0 bridgehead atoms. The molecule has 287 valence electrons. The second-order valence-electron chi connectivity index (χ2n) is 14.8. The van der Waals surface area contributed by atoms with E-state index in [9.17, 15) is 4.39 Å². The number of para-hydroxylation sites is 2. The van der Waals surface area contributed by atoms with E-state index in [1.165, 1.54) is 61.5 Å². The van der Waals surface area contributed by atoms with E-state index in [1.807, 2.05) is 49.5 Å². The Labute approximate surface area is 355 Å². The number of hydrogen-bond donors (Lipinski definition) is 0. The summed E-state index contributed by atoms with van der Waals surface area (Å²) in [7, 11) is 2.04. The summed E-state index contributed by atoms with van der Waals surface area (Å²) in [6.07, 6.45) is 1.80. The molecule has 0 unspecified atom stereocenters. The summed E-state index contributed by atoms with van der Waals surface area (Å²) in [4.78, 5) is 9.25. The van der Waals surface area contributed by atoms with Gasteiger partial charge in [0.15, 0.2) is 0 Å². The number of aryl methyl sites for hydroxylation is 3. The van der Waals surface area contributed by atoms with Crippen molar-refractivity contribution in [1.82, 2.24) is 14.5 Å². The molecular formula is C53H36FIrN3O-2. The van der Waals surface area contributed by atoms with Crippen molar-refractivity contribution in [3.8, 4) is 44.9 Å². The molecule has 0 spiro atoms. The Bertz CT molecular complexity index is 3310. The van der Waals surface area contributed by atoms with E-state index in [-0.39, 0.29) is 25.9 Å². The van der Waals surface area contributed by atoms with E-state index in [4.69, 9.17) is 9.40 Å². The summed E-state index contributed by atoms with van der Waals surface area (Å²) >= 11 is 0. The molecule has 0 saturated carbocycles. The van der Waals surface area contributed by atoms with Crippen LogP contribution in [0, 0.1) is 31.8 Å². The zero-order chi connectivity index (χ0) is 39.3. The van der Waals surface area contributed by atoms with Crippen LogP contribution in [0.25, 0.3) is 99.4 Å². The monoisotopic (exact) mass is 942 g/mol. The Morgan fingerprint density at radius 1 is 0.576 bits per heavy atom. The van der Waals surface area contributed by atoms with Gasteiger partial charge in [0.1, 0.15) is 5.58 Å². The van der Waals surface area contributed by atoms with Crippen LogP contribution in [-0.4, -0.2) is 14.5 Å². The van der Waals surface area contributed by atoms with E-state index in [0.717, 1.165) is 61.2 Å². The molecule has 0 aliphatic heterocycles. The molecule has 1 radical (unpaired) electrons. The average Bonchev–Trinajstić information content (AvgIpc) is 3.79. The van der Waals surface area contributed by atoms with Crippen molar-refractivity contribution >= 4 is 54.5 Å². The number of pyridine rings is 1. The third-order valence-electron chi connectivity index (χ3n) is 11.0. The zero-order valence-electron chi connectivity index (χ0n) is 32.5. The Balaban J connectivity index is 0.000000151. The Hall–Kier alpha value is -6.72. The number of imidazole rings is 1. The van der Waals surface area contributed by atoms with Gasteiger partial charge in [-0.15, -0.1) is 47.5 Å².